The van der Waals surface area contributed by atoms with E-state index in [9.17, 15) is 9.59 Å². The Balaban J connectivity index is 2.21. The molecule has 0 aliphatic heterocycles. The van der Waals surface area contributed by atoms with Gasteiger partial charge in [-0.3, -0.25) is 9.59 Å². The topological polar surface area (TPSA) is 75.6 Å². The summed E-state index contributed by atoms with van der Waals surface area (Å²) < 4.78 is 6.36. The highest BCUT2D eigenvalue weighted by Crippen LogP contribution is 2.39. The first-order valence-corrected chi connectivity index (χ1v) is 9.33. The van der Waals surface area contributed by atoms with E-state index in [4.69, 9.17) is 33.0 Å². The van der Waals surface area contributed by atoms with E-state index in [2.05, 4.69) is 21.2 Å². The molecule has 0 fully saturated rings. The van der Waals surface area contributed by atoms with Crippen molar-refractivity contribution in [3.05, 3.63) is 62.1 Å². The lowest BCUT2D eigenvalue weighted by Gasteiger charge is -2.13. The summed E-state index contributed by atoms with van der Waals surface area (Å²) in [5, 5.41) is 12.0. The van der Waals surface area contributed by atoms with Crippen LogP contribution in [0, 0.1) is 0 Å². The standard InChI is InChI=1S/C19H16BrCl2NO4/c1-10(2)5-17(24)23-16-4-3-12(9-13(16)20)27-19-14(21)6-11(7-15(19)22)8-18(25)26/h3-7,9H,8H2,1-2H3,(H,23,24)(H,25,26). The zero-order chi connectivity index (χ0) is 20.1. The number of halogens is 3. The van der Waals surface area contributed by atoms with Crippen molar-refractivity contribution in [2.45, 2.75) is 20.3 Å². The highest BCUT2D eigenvalue weighted by Gasteiger charge is 2.14. The Labute approximate surface area is 175 Å². The summed E-state index contributed by atoms with van der Waals surface area (Å²) in [4.78, 5) is 22.6. The SMILES string of the molecule is CC(C)=CC(=O)Nc1ccc(Oc2c(Cl)cc(CC(=O)O)cc2Cl)cc1Br. The molecule has 0 saturated carbocycles. The summed E-state index contributed by atoms with van der Waals surface area (Å²) >= 11 is 15.7. The number of anilines is 1. The average molecular weight is 473 g/mol. The molecule has 8 heteroatoms. The van der Waals surface area contributed by atoms with Crippen molar-refractivity contribution in [3.8, 4) is 11.5 Å². The Morgan fingerprint density at radius 3 is 2.33 bits per heavy atom. The van der Waals surface area contributed by atoms with Crippen LogP contribution < -0.4 is 10.1 Å². The van der Waals surface area contributed by atoms with E-state index in [0.717, 1.165) is 5.57 Å². The second-order valence-corrected chi connectivity index (χ2v) is 7.58. The van der Waals surface area contributed by atoms with Gasteiger partial charge in [0, 0.05) is 10.5 Å². The van der Waals surface area contributed by atoms with Crippen molar-refractivity contribution >= 4 is 56.7 Å². The number of nitrogens with one attached hydrogen (secondary N) is 1. The lowest BCUT2D eigenvalue weighted by Crippen LogP contribution is -2.08. The zero-order valence-corrected chi connectivity index (χ0v) is 17.6. The quantitative estimate of drug-likeness (QED) is 0.499. The van der Waals surface area contributed by atoms with Gasteiger partial charge in [0.15, 0.2) is 5.75 Å². The van der Waals surface area contributed by atoms with Gasteiger partial charge in [0.1, 0.15) is 5.75 Å². The van der Waals surface area contributed by atoms with Gasteiger partial charge < -0.3 is 15.2 Å². The van der Waals surface area contributed by atoms with E-state index in [1.165, 1.54) is 18.2 Å². The van der Waals surface area contributed by atoms with Gasteiger partial charge in [-0.1, -0.05) is 28.8 Å². The molecule has 2 rings (SSSR count). The molecule has 0 radical (unpaired) electrons. The zero-order valence-electron chi connectivity index (χ0n) is 14.5. The number of rotatable bonds is 6. The van der Waals surface area contributed by atoms with Crippen molar-refractivity contribution in [1.29, 1.82) is 0 Å². The largest absolute Gasteiger partial charge is 0.481 e. The summed E-state index contributed by atoms with van der Waals surface area (Å²) in [7, 11) is 0. The van der Waals surface area contributed by atoms with E-state index in [-0.39, 0.29) is 28.1 Å². The maximum atomic E-state index is 11.8. The number of benzene rings is 2. The molecule has 2 aromatic rings. The number of carbonyl (C=O) groups excluding carboxylic acids is 1. The van der Waals surface area contributed by atoms with Crippen molar-refractivity contribution in [1.82, 2.24) is 0 Å². The summed E-state index contributed by atoms with van der Waals surface area (Å²) in [5.74, 6) is -0.549. The number of hydrogen-bond acceptors (Lipinski definition) is 3. The van der Waals surface area contributed by atoms with Crippen molar-refractivity contribution in [3.63, 3.8) is 0 Å². The molecular weight excluding hydrogens is 457 g/mol. The minimum atomic E-state index is -0.981. The molecule has 0 spiro atoms. The molecular formula is C19H16BrCl2NO4. The first-order chi connectivity index (χ1) is 12.7. The molecule has 5 nitrogen and oxygen atoms in total. The number of ether oxygens (including phenoxy) is 1. The molecule has 0 aliphatic carbocycles. The van der Waals surface area contributed by atoms with E-state index in [0.29, 0.717) is 21.5 Å². The first kappa shape index (κ1) is 21.3. The molecule has 0 aliphatic rings. The minimum Gasteiger partial charge on any atom is -0.481 e. The maximum absolute atomic E-state index is 11.8. The number of aliphatic carboxylic acids is 1. The Kier molecular flexibility index (Phi) is 7.30. The highest BCUT2D eigenvalue weighted by atomic mass is 79.9. The molecule has 2 N–H and O–H groups in total. The fourth-order valence-electron chi connectivity index (χ4n) is 2.20. The maximum Gasteiger partial charge on any atom is 0.307 e. The van der Waals surface area contributed by atoms with Crippen LogP contribution >= 0.6 is 39.1 Å². The van der Waals surface area contributed by atoms with Crippen LogP contribution in [0.2, 0.25) is 10.0 Å². The summed E-state index contributed by atoms with van der Waals surface area (Å²) in [6.07, 6.45) is 1.31. The Hall–Kier alpha value is -2.02. The van der Waals surface area contributed by atoms with Crippen molar-refractivity contribution in [2.75, 3.05) is 5.32 Å². The molecule has 2 aromatic carbocycles. The first-order valence-electron chi connectivity index (χ1n) is 7.78. The van der Waals surface area contributed by atoms with Crippen LogP contribution in [0.4, 0.5) is 5.69 Å². The molecule has 0 unspecified atom stereocenters. The van der Waals surface area contributed by atoms with E-state index < -0.39 is 5.97 Å². The van der Waals surface area contributed by atoms with Crippen LogP contribution in [0.3, 0.4) is 0 Å². The Morgan fingerprint density at radius 1 is 1.19 bits per heavy atom. The van der Waals surface area contributed by atoms with Crippen LogP contribution in [0.5, 0.6) is 11.5 Å². The Bertz CT molecular complexity index is 901. The van der Waals surface area contributed by atoms with Gasteiger partial charge in [-0.2, -0.15) is 0 Å². The summed E-state index contributed by atoms with van der Waals surface area (Å²) in [5.41, 5.74) is 1.95. The molecule has 0 aromatic heterocycles. The summed E-state index contributed by atoms with van der Waals surface area (Å²) in [6, 6.07) is 7.99. The molecule has 0 atom stereocenters. The van der Waals surface area contributed by atoms with Crippen molar-refractivity contribution < 1.29 is 19.4 Å². The molecule has 1 amide bonds. The van der Waals surface area contributed by atoms with Crippen LogP contribution in [0.15, 0.2) is 46.5 Å². The second kappa shape index (κ2) is 9.26. The lowest BCUT2D eigenvalue weighted by atomic mass is 10.1. The van der Waals surface area contributed by atoms with Gasteiger partial charge in [0.05, 0.1) is 22.2 Å². The lowest BCUT2D eigenvalue weighted by molar-refractivity contribution is -0.136. The monoisotopic (exact) mass is 471 g/mol. The molecule has 0 bridgehead atoms. The van der Waals surface area contributed by atoms with Gasteiger partial charge in [0.2, 0.25) is 5.91 Å². The van der Waals surface area contributed by atoms with E-state index in [1.54, 1.807) is 18.2 Å². The predicted molar refractivity (Wildman–Crippen MR) is 110 cm³/mol. The highest BCUT2D eigenvalue weighted by molar-refractivity contribution is 9.10. The second-order valence-electron chi connectivity index (χ2n) is 5.91. The summed E-state index contributed by atoms with van der Waals surface area (Å²) in [6.45, 7) is 3.67. The average Bonchev–Trinajstić information content (AvgIpc) is 2.52. The van der Waals surface area contributed by atoms with Crippen LogP contribution in [-0.2, 0) is 16.0 Å². The third kappa shape index (κ3) is 6.27. The smallest absolute Gasteiger partial charge is 0.307 e. The molecule has 27 heavy (non-hydrogen) atoms. The van der Waals surface area contributed by atoms with Gasteiger partial charge in [-0.05, 0) is 65.7 Å². The minimum absolute atomic E-state index is 0.189. The molecule has 0 saturated heterocycles. The Morgan fingerprint density at radius 2 is 1.81 bits per heavy atom. The number of amides is 1. The predicted octanol–water partition coefficient (Wildman–Crippen LogP) is 6.08. The van der Waals surface area contributed by atoms with Gasteiger partial charge >= 0.3 is 5.97 Å². The number of hydrogen-bond donors (Lipinski definition) is 2. The van der Waals surface area contributed by atoms with Crippen LogP contribution in [-0.4, -0.2) is 17.0 Å². The third-order valence-electron chi connectivity index (χ3n) is 3.25. The fraction of sp³-hybridized carbons (Fsp3) is 0.158. The fourth-order valence-corrected chi connectivity index (χ4v) is 3.26. The number of carboxylic acids is 1. The van der Waals surface area contributed by atoms with E-state index in [1.807, 2.05) is 13.8 Å². The molecule has 0 heterocycles. The van der Waals surface area contributed by atoms with Crippen LogP contribution in [0.25, 0.3) is 0 Å². The third-order valence-corrected chi connectivity index (χ3v) is 4.47. The van der Waals surface area contributed by atoms with E-state index >= 15 is 0 Å². The number of carboxylic acid groups (broad SMARTS) is 1. The van der Waals surface area contributed by atoms with Gasteiger partial charge in [-0.25, -0.2) is 0 Å². The molecule has 142 valence electrons. The van der Waals surface area contributed by atoms with Gasteiger partial charge in [-0.15, -0.1) is 0 Å². The normalized spacial score (nSPS) is 10.3. The van der Waals surface area contributed by atoms with Crippen molar-refractivity contribution in [2.24, 2.45) is 0 Å². The number of carbonyl (C=O) groups is 2. The van der Waals surface area contributed by atoms with Gasteiger partial charge in [0.25, 0.3) is 0 Å². The van der Waals surface area contributed by atoms with Crippen LogP contribution in [0.1, 0.15) is 19.4 Å². The number of allylic oxidation sites excluding steroid dienone is 1.